The van der Waals surface area contributed by atoms with Crippen molar-refractivity contribution in [1.82, 2.24) is 9.78 Å². The van der Waals surface area contributed by atoms with Gasteiger partial charge >= 0.3 is 0 Å². The molecule has 1 aliphatic rings. The average molecular weight is 264 g/mol. The zero-order chi connectivity index (χ0) is 12.5. The molecule has 2 N–H and O–H groups in total. The van der Waals surface area contributed by atoms with E-state index in [1.54, 1.807) is 10.9 Å². The summed E-state index contributed by atoms with van der Waals surface area (Å²) in [6.07, 6.45) is 2.72. The maximum atomic E-state index is 5.90. The smallest absolute Gasteiger partial charge is 0.164 e. The summed E-state index contributed by atoms with van der Waals surface area (Å²) in [4.78, 5) is 0. The molecule has 1 unspecified atom stereocenters. The highest BCUT2D eigenvalue weighted by Gasteiger charge is 2.21. The third-order valence-corrected chi connectivity index (χ3v) is 3.48. The minimum atomic E-state index is 0.0188. The Balaban J connectivity index is 1.86. The minimum Gasteiger partial charge on any atom is -0.381 e. The van der Waals surface area contributed by atoms with Crippen LogP contribution in [0.2, 0.25) is 5.02 Å². The summed E-state index contributed by atoms with van der Waals surface area (Å²) in [6.45, 7) is 1.38. The van der Waals surface area contributed by atoms with E-state index < -0.39 is 0 Å². The van der Waals surface area contributed by atoms with E-state index in [1.165, 1.54) is 11.1 Å². The lowest BCUT2D eigenvalue weighted by Crippen LogP contribution is -2.20. The Morgan fingerprint density at radius 2 is 2.28 bits per heavy atom. The summed E-state index contributed by atoms with van der Waals surface area (Å²) in [5.41, 5.74) is 8.21. The molecular weight excluding hydrogens is 250 g/mol. The third kappa shape index (κ3) is 2.09. The Morgan fingerprint density at radius 1 is 1.44 bits per heavy atom. The van der Waals surface area contributed by atoms with E-state index in [4.69, 9.17) is 22.1 Å². The van der Waals surface area contributed by atoms with Crippen molar-refractivity contribution in [3.05, 3.63) is 46.6 Å². The van der Waals surface area contributed by atoms with Crippen LogP contribution in [0.25, 0.3) is 0 Å². The van der Waals surface area contributed by atoms with Gasteiger partial charge in [0.2, 0.25) is 0 Å². The minimum absolute atomic E-state index is 0.0188. The first-order valence-corrected chi connectivity index (χ1v) is 6.29. The quantitative estimate of drug-likeness (QED) is 0.905. The van der Waals surface area contributed by atoms with Gasteiger partial charge in [-0.1, -0.05) is 35.9 Å². The standard InChI is InChI=1S/C13H14ClN3O/c14-11-7-17(16-13(11)15)8-12-10-4-2-1-3-9(10)5-6-18-12/h1-4,7,12H,5-6,8H2,(H2,15,16). The second-order valence-corrected chi connectivity index (χ2v) is 4.80. The van der Waals surface area contributed by atoms with Gasteiger partial charge in [-0.25, -0.2) is 0 Å². The van der Waals surface area contributed by atoms with Crippen molar-refractivity contribution in [2.24, 2.45) is 0 Å². The Labute approximate surface area is 110 Å². The van der Waals surface area contributed by atoms with Crippen molar-refractivity contribution in [3.63, 3.8) is 0 Å². The fraction of sp³-hybridized carbons (Fsp3) is 0.308. The Morgan fingerprint density at radius 3 is 3.06 bits per heavy atom. The summed E-state index contributed by atoms with van der Waals surface area (Å²) >= 11 is 5.90. The zero-order valence-corrected chi connectivity index (χ0v) is 10.6. The number of rotatable bonds is 2. The number of anilines is 1. The van der Waals surface area contributed by atoms with Crippen LogP contribution in [0.4, 0.5) is 5.82 Å². The number of fused-ring (bicyclic) bond motifs is 1. The van der Waals surface area contributed by atoms with E-state index in [0.717, 1.165) is 13.0 Å². The molecule has 1 aromatic carbocycles. The summed E-state index contributed by atoms with van der Waals surface area (Å²) in [5.74, 6) is 0.362. The first-order valence-electron chi connectivity index (χ1n) is 5.92. The van der Waals surface area contributed by atoms with Crippen molar-refractivity contribution >= 4 is 17.4 Å². The SMILES string of the molecule is Nc1nn(CC2OCCc3ccccc32)cc1Cl. The monoisotopic (exact) mass is 263 g/mol. The highest BCUT2D eigenvalue weighted by atomic mass is 35.5. The molecule has 0 radical (unpaired) electrons. The van der Waals surface area contributed by atoms with E-state index >= 15 is 0 Å². The van der Waals surface area contributed by atoms with Crippen molar-refractivity contribution < 1.29 is 4.74 Å². The molecule has 2 aromatic rings. The predicted octanol–water partition coefficient (Wildman–Crippen LogP) is 2.43. The van der Waals surface area contributed by atoms with Crippen LogP contribution in [0.3, 0.4) is 0 Å². The Hall–Kier alpha value is -1.52. The number of hydrogen-bond donors (Lipinski definition) is 1. The molecule has 1 atom stereocenters. The van der Waals surface area contributed by atoms with Crippen molar-refractivity contribution in [2.75, 3.05) is 12.3 Å². The van der Waals surface area contributed by atoms with Gasteiger partial charge in [-0.05, 0) is 17.5 Å². The molecule has 3 rings (SSSR count). The van der Waals surface area contributed by atoms with Crippen LogP contribution in [-0.2, 0) is 17.7 Å². The summed E-state index contributed by atoms with van der Waals surface area (Å²) in [5, 5.41) is 4.65. The molecule has 2 heterocycles. The summed E-state index contributed by atoms with van der Waals surface area (Å²) in [7, 11) is 0. The molecule has 94 valence electrons. The number of hydrogen-bond acceptors (Lipinski definition) is 3. The van der Waals surface area contributed by atoms with Crippen LogP contribution in [0, 0.1) is 0 Å². The molecule has 0 saturated heterocycles. The lowest BCUT2D eigenvalue weighted by Gasteiger charge is -2.25. The summed E-state index contributed by atoms with van der Waals surface area (Å²) in [6, 6.07) is 8.35. The number of halogens is 1. The van der Waals surface area contributed by atoms with Crippen LogP contribution in [-0.4, -0.2) is 16.4 Å². The molecule has 5 heteroatoms. The number of nitrogen functional groups attached to an aromatic ring is 1. The molecule has 0 fully saturated rings. The van der Waals surface area contributed by atoms with Crippen molar-refractivity contribution in [1.29, 1.82) is 0 Å². The van der Waals surface area contributed by atoms with Crippen LogP contribution in [0.15, 0.2) is 30.5 Å². The van der Waals surface area contributed by atoms with Crippen LogP contribution in [0.5, 0.6) is 0 Å². The fourth-order valence-electron chi connectivity index (χ4n) is 2.30. The van der Waals surface area contributed by atoms with Gasteiger partial charge in [0.1, 0.15) is 11.1 Å². The largest absolute Gasteiger partial charge is 0.381 e. The average Bonchev–Trinajstić information content (AvgIpc) is 2.69. The van der Waals surface area contributed by atoms with Gasteiger partial charge in [0.05, 0.1) is 13.2 Å². The van der Waals surface area contributed by atoms with Gasteiger partial charge in [-0.3, -0.25) is 4.68 Å². The molecule has 4 nitrogen and oxygen atoms in total. The maximum Gasteiger partial charge on any atom is 0.164 e. The van der Waals surface area contributed by atoms with Crippen molar-refractivity contribution in [3.8, 4) is 0 Å². The predicted molar refractivity (Wildman–Crippen MR) is 70.5 cm³/mol. The van der Waals surface area contributed by atoms with Crippen LogP contribution < -0.4 is 5.73 Å². The fourth-order valence-corrected chi connectivity index (χ4v) is 2.45. The van der Waals surface area contributed by atoms with Gasteiger partial charge in [0.15, 0.2) is 5.82 Å². The number of benzene rings is 1. The van der Waals surface area contributed by atoms with Crippen molar-refractivity contribution in [2.45, 2.75) is 19.1 Å². The highest BCUT2D eigenvalue weighted by Crippen LogP contribution is 2.28. The molecule has 18 heavy (non-hydrogen) atoms. The zero-order valence-electron chi connectivity index (χ0n) is 9.84. The molecule has 0 amide bonds. The lowest BCUT2D eigenvalue weighted by molar-refractivity contribution is 0.0283. The number of nitrogens with two attached hydrogens (primary N) is 1. The van der Waals surface area contributed by atoms with Gasteiger partial charge in [-0.2, -0.15) is 5.10 Å². The van der Waals surface area contributed by atoms with Gasteiger partial charge in [0, 0.05) is 6.20 Å². The Bertz CT molecular complexity index is 548. The van der Waals surface area contributed by atoms with E-state index in [9.17, 15) is 0 Å². The highest BCUT2D eigenvalue weighted by molar-refractivity contribution is 6.32. The molecule has 0 spiro atoms. The van der Waals surface area contributed by atoms with E-state index in [-0.39, 0.29) is 6.10 Å². The molecule has 1 aromatic heterocycles. The molecule has 0 bridgehead atoms. The number of nitrogens with zero attached hydrogens (tertiary/aromatic N) is 2. The molecular formula is C13H14ClN3O. The van der Waals surface area contributed by atoms with Gasteiger partial charge in [0.25, 0.3) is 0 Å². The Kier molecular flexibility index (Phi) is 2.97. The maximum absolute atomic E-state index is 5.90. The van der Waals surface area contributed by atoms with Gasteiger partial charge in [-0.15, -0.1) is 0 Å². The molecule has 0 saturated carbocycles. The third-order valence-electron chi connectivity index (χ3n) is 3.19. The first kappa shape index (κ1) is 11.6. The van der Waals surface area contributed by atoms with Crippen LogP contribution in [0.1, 0.15) is 17.2 Å². The first-order chi connectivity index (χ1) is 8.74. The number of ether oxygens (including phenoxy) is 1. The van der Waals surface area contributed by atoms with E-state index in [1.807, 2.05) is 6.07 Å². The second-order valence-electron chi connectivity index (χ2n) is 4.39. The van der Waals surface area contributed by atoms with E-state index in [2.05, 4.69) is 23.3 Å². The number of aromatic nitrogens is 2. The molecule has 0 aliphatic carbocycles. The molecule has 1 aliphatic heterocycles. The van der Waals surface area contributed by atoms with Crippen LogP contribution >= 0.6 is 11.6 Å². The van der Waals surface area contributed by atoms with Gasteiger partial charge < -0.3 is 10.5 Å². The summed E-state index contributed by atoms with van der Waals surface area (Å²) < 4.78 is 7.55. The second kappa shape index (κ2) is 4.63. The topological polar surface area (TPSA) is 53.1 Å². The van der Waals surface area contributed by atoms with E-state index in [0.29, 0.717) is 17.4 Å². The normalized spacial score (nSPS) is 18.6. The lowest BCUT2D eigenvalue weighted by atomic mass is 9.98.